The number of hydrogen-bond acceptors (Lipinski definition) is 2. The molecule has 0 atom stereocenters. The second-order valence-electron chi connectivity index (χ2n) is 6.88. The van der Waals surface area contributed by atoms with Crippen LogP contribution in [0.1, 0.15) is 24.8 Å². The number of aryl methyl sites for hydroxylation is 1. The lowest BCUT2D eigenvalue weighted by atomic mass is 9.93. The molecule has 1 aliphatic rings. The van der Waals surface area contributed by atoms with E-state index >= 15 is 0 Å². The molecule has 1 aliphatic carbocycles. The van der Waals surface area contributed by atoms with E-state index in [0.717, 1.165) is 27.8 Å². The molecule has 0 amide bonds. The number of H-pyrrole nitrogens is 2. The average Bonchev–Trinajstić information content (AvgIpc) is 3.13. The van der Waals surface area contributed by atoms with Crippen molar-refractivity contribution in [1.29, 1.82) is 0 Å². The van der Waals surface area contributed by atoms with Crippen LogP contribution < -0.4 is 5.32 Å². The first-order valence-corrected chi connectivity index (χ1v) is 8.61. The zero-order valence-electron chi connectivity index (χ0n) is 13.7. The Balaban J connectivity index is 1.60. The van der Waals surface area contributed by atoms with Crippen molar-refractivity contribution in [3.63, 3.8) is 0 Å². The summed E-state index contributed by atoms with van der Waals surface area (Å²) < 4.78 is 0. The predicted octanol–water partition coefficient (Wildman–Crippen LogP) is 4.98. The van der Waals surface area contributed by atoms with Gasteiger partial charge in [-0.3, -0.25) is 5.10 Å². The maximum absolute atomic E-state index is 4.55. The van der Waals surface area contributed by atoms with Crippen LogP contribution in [0.3, 0.4) is 0 Å². The van der Waals surface area contributed by atoms with Gasteiger partial charge in [-0.25, -0.2) is 0 Å². The minimum atomic E-state index is 0.633. The molecule has 4 nitrogen and oxygen atoms in total. The van der Waals surface area contributed by atoms with Crippen LogP contribution in [0.4, 0.5) is 5.69 Å². The van der Waals surface area contributed by atoms with E-state index < -0.39 is 0 Å². The summed E-state index contributed by atoms with van der Waals surface area (Å²) in [6.07, 6.45) is 3.89. The monoisotopic (exact) mass is 316 g/mol. The highest BCUT2D eigenvalue weighted by Gasteiger charge is 2.17. The molecule has 1 saturated carbocycles. The van der Waals surface area contributed by atoms with Crippen LogP contribution >= 0.6 is 0 Å². The molecule has 120 valence electrons. The third-order valence-corrected chi connectivity index (χ3v) is 5.07. The van der Waals surface area contributed by atoms with Crippen LogP contribution in [0.15, 0.2) is 42.5 Å². The molecule has 4 aromatic rings. The van der Waals surface area contributed by atoms with Gasteiger partial charge in [0.2, 0.25) is 0 Å². The van der Waals surface area contributed by atoms with Gasteiger partial charge in [-0.15, -0.1) is 0 Å². The molecule has 0 spiro atoms. The highest BCUT2D eigenvalue weighted by Crippen LogP contribution is 2.31. The first-order chi connectivity index (χ1) is 11.8. The van der Waals surface area contributed by atoms with Crippen LogP contribution in [0, 0.1) is 6.92 Å². The Labute approximate surface area is 140 Å². The molecule has 1 fully saturated rings. The van der Waals surface area contributed by atoms with Crippen LogP contribution in [0.2, 0.25) is 0 Å². The molecule has 0 aliphatic heterocycles. The number of rotatable bonds is 3. The summed E-state index contributed by atoms with van der Waals surface area (Å²) in [7, 11) is 0. The summed E-state index contributed by atoms with van der Waals surface area (Å²) in [6.45, 7) is 2.11. The standard InChI is InChI=1S/C20H20N4/c1-12-5-6-13-10-19(22-18(13)9-12)20-16-11-15(21-14-3-2-4-14)7-8-17(16)23-24-20/h5-11,14,21-22H,2-4H2,1H3,(H,23,24). The molecule has 5 rings (SSSR count). The van der Waals surface area contributed by atoms with Gasteiger partial charge in [0.05, 0.1) is 11.2 Å². The van der Waals surface area contributed by atoms with Gasteiger partial charge in [0.15, 0.2) is 0 Å². The highest BCUT2D eigenvalue weighted by atomic mass is 15.1. The molecule has 2 heterocycles. The topological polar surface area (TPSA) is 56.5 Å². The lowest BCUT2D eigenvalue weighted by Gasteiger charge is -2.27. The maximum atomic E-state index is 4.55. The van der Waals surface area contributed by atoms with Crippen LogP contribution in [0.5, 0.6) is 0 Å². The molecule has 4 heteroatoms. The Kier molecular flexibility index (Phi) is 2.92. The van der Waals surface area contributed by atoms with Crippen LogP contribution in [0.25, 0.3) is 33.2 Å². The van der Waals surface area contributed by atoms with Gasteiger partial charge >= 0.3 is 0 Å². The van der Waals surface area contributed by atoms with E-state index in [4.69, 9.17) is 0 Å². The Morgan fingerprint density at radius 3 is 2.79 bits per heavy atom. The maximum Gasteiger partial charge on any atom is 0.116 e. The van der Waals surface area contributed by atoms with Gasteiger partial charge in [-0.2, -0.15) is 5.10 Å². The van der Waals surface area contributed by atoms with Crippen molar-refractivity contribution in [2.24, 2.45) is 0 Å². The van der Waals surface area contributed by atoms with Crippen molar-refractivity contribution in [2.75, 3.05) is 5.32 Å². The minimum Gasteiger partial charge on any atom is -0.382 e. The molecule has 0 bridgehead atoms. The third-order valence-electron chi connectivity index (χ3n) is 5.07. The van der Waals surface area contributed by atoms with Gasteiger partial charge < -0.3 is 10.3 Å². The van der Waals surface area contributed by atoms with E-state index in [1.165, 1.54) is 35.9 Å². The van der Waals surface area contributed by atoms with E-state index in [9.17, 15) is 0 Å². The van der Waals surface area contributed by atoms with E-state index in [-0.39, 0.29) is 0 Å². The lowest BCUT2D eigenvalue weighted by Crippen LogP contribution is -2.26. The largest absolute Gasteiger partial charge is 0.382 e. The van der Waals surface area contributed by atoms with Crippen molar-refractivity contribution in [3.8, 4) is 11.4 Å². The number of aromatic amines is 2. The second-order valence-corrected chi connectivity index (χ2v) is 6.88. The molecular formula is C20H20N4. The lowest BCUT2D eigenvalue weighted by molar-refractivity contribution is 0.445. The fourth-order valence-corrected chi connectivity index (χ4v) is 3.47. The van der Waals surface area contributed by atoms with Crippen molar-refractivity contribution in [1.82, 2.24) is 15.2 Å². The van der Waals surface area contributed by atoms with E-state index in [1.54, 1.807) is 0 Å². The number of aromatic nitrogens is 3. The summed E-state index contributed by atoms with van der Waals surface area (Å²) in [5.41, 5.74) is 6.71. The average molecular weight is 316 g/mol. The Morgan fingerprint density at radius 1 is 1.04 bits per heavy atom. The Hall–Kier alpha value is -2.75. The zero-order chi connectivity index (χ0) is 16.1. The molecule has 2 aromatic heterocycles. The van der Waals surface area contributed by atoms with Crippen molar-refractivity contribution >= 4 is 27.5 Å². The number of anilines is 1. The second kappa shape index (κ2) is 5.13. The molecule has 24 heavy (non-hydrogen) atoms. The van der Waals surface area contributed by atoms with E-state index in [1.807, 2.05) is 0 Å². The van der Waals surface area contributed by atoms with Crippen LogP contribution in [-0.4, -0.2) is 21.2 Å². The normalized spacial score (nSPS) is 15.0. The van der Waals surface area contributed by atoms with Gasteiger partial charge in [0, 0.05) is 28.0 Å². The summed E-state index contributed by atoms with van der Waals surface area (Å²) in [6, 6.07) is 15.7. The number of hydrogen-bond donors (Lipinski definition) is 3. The number of nitrogens with one attached hydrogen (secondary N) is 3. The Morgan fingerprint density at radius 2 is 1.96 bits per heavy atom. The Bertz CT molecular complexity index is 1040. The summed E-state index contributed by atoms with van der Waals surface area (Å²) in [4.78, 5) is 3.51. The molecule has 2 aromatic carbocycles. The molecule has 0 saturated heterocycles. The van der Waals surface area contributed by atoms with Gasteiger partial charge in [0.1, 0.15) is 5.69 Å². The van der Waals surface area contributed by atoms with Gasteiger partial charge in [-0.1, -0.05) is 12.1 Å². The first kappa shape index (κ1) is 13.7. The van der Waals surface area contributed by atoms with Crippen molar-refractivity contribution < 1.29 is 0 Å². The van der Waals surface area contributed by atoms with E-state index in [2.05, 4.69) is 69.9 Å². The van der Waals surface area contributed by atoms with Gasteiger partial charge in [0.25, 0.3) is 0 Å². The number of benzene rings is 2. The fraction of sp³-hybridized carbons (Fsp3) is 0.250. The SMILES string of the molecule is Cc1ccc2cc(-c3n[nH]c4ccc(NC5CCC5)cc34)[nH]c2c1. The number of nitrogens with zero attached hydrogens (tertiary/aromatic N) is 1. The highest BCUT2D eigenvalue weighted by molar-refractivity contribution is 5.97. The van der Waals surface area contributed by atoms with E-state index in [0.29, 0.717) is 6.04 Å². The molecule has 0 unspecified atom stereocenters. The zero-order valence-corrected chi connectivity index (χ0v) is 13.7. The fourth-order valence-electron chi connectivity index (χ4n) is 3.47. The summed E-state index contributed by atoms with van der Waals surface area (Å²) in [5.74, 6) is 0. The molecule has 0 radical (unpaired) electrons. The quantitative estimate of drug-likeness (QED) is 0.499. The minimum absolute atomic E-state index is 0.633. The van der Waals surface area contributed by atoms with Crippen LogP contribution in [-0.2, 0) is 0 Å². The predicted molar refractivity (Wildman–Crippen MR) is 99.4 cm³/mol. The summed E-state index contributed by atoms with van der Waals surface area (Å²) in [5, 5.41) is 13.7. The molecule has 3 N–H and O–H groups in total. The van der Waals surface area contributed by atoms with Gasteiger partial charge in [-0.05, 0) is 62.1 Å². The first-order valence-electron chi connectivity index (χ1n) is 8.61. The number of fused-ring (bicyclic) bond motifs is 2. The third kappa shape index (κ3) is 2.18. The summed E-state index contributed by atoms with van der Waals surface area (Å²) >= 11 is 0. The van der Waals surface area contributed by atoms with Crippen molar-refractivity contribution in [2.45, 2.75) is 32.2 Å². The molecular weight excluding hydrogens is 296 g/mol. The van der Waals surface area contributed by atoms with Crippen molar-refractivity contribution in [3.05, 3.63) is 48.0 Å². The smallest absolute Gasteiger partial charge is 0.116 e.